The summed E-state index contributed by atoms with van der Waals surface area (Å²) in [7, 11) is 0. The van der Waals surface area contributed by atoms with E-state index in [2.05, 4.69) is 15.9 Å². The largest absolute Gasteiger partial charge is 0.507 e. The van der Waals surface area contributed by atoms with Crippen molar-refractivity contribution in [3.05, 3.63) is 27.2 Å². The Kier molecular flexibility index (Phi) is 2.90. The first-order chi connectivity index (χ1) is 6.49. The zero-order valence-corrected chi connectivity index (χ0v) is 8.83. The summed E-state index contributed by atoms with van der Waals surface area (Å²) in [6.45, 7) is 1.54. The minimum absolute atomic E-state index is 0.00935. The fraction of sp³-hybridized carbons (Fsp3) is 0.111. The lowest BCUT2D eigenvalue weighted by atomic mass is 10.0. The van der Waals surface area contributed by atoms with E-state index >= 15 is 0 Å². The molecule has 0 amide bonds. The summed E-state index contributed by atoms with van der Waals surface area (Å²) >= 11 is 2.97. The summed E-state index contributed by atoms with van der Waals surface area (Å²) in [5.41, 5.74) is 0.338. The van der Waals surface area contributed by atoms with E-state index in [0.29, 0.717) is 11.8 Å². The Bertz CT molecular complexity index is 412. The normalized spacial score (nSPS) is 9.86. The van der Waals surface area contributed by atoms with E-state index in [9.17, 15) is 14.7 Å². The van der Waals surface area contributed by atoms with Gasteiger partial charge in [-0.05, 0) is 34.5 Å². The highest BCUT2D eigenvalue weighted by Gasteiger charge is 2.18. The number of aromatic carboxylic acids is 1. The third-order valence-corrected chi connectivity index (χ3v) is 2.63. The van der Waals surface area contributed by atoms with Crippen molar-refractivity contribution in [3.63, 3.8) is 0 Å². The summed E-state index contributed by atoms with van der Waals surface area (Å²) in [5, 5.41) is 18.2. The molecule has 2 N–H and O–H groups in total. The van der Waals surface area contributed by atoms with Crippen LogP contribution in [0.3, 0.4) is 0 Å². The lowest BCUT2D eigenvalue weighted by Gasteiger charge is -2.07. The number of halogens is 1. The van der Waals surface area contributed by atoms with Crippen LogP contribution in [0, 0.1) is 6.92 Å². The molecule has 0 bridgehead atoms. The van der Waals surface area contributed by atoms with Gasteiger partial charge in [-0.3, -0.25) is 4.79 Å². The summed E-state index contributed by atoms with van der Waals surface area (Å²) in [6, 6.07) is 1.25. The third-order valence-electron chi connectivity index (χ3n) is 1.81. The highest BCUT2D eigenvalue weighted by Crippen LogP contribution is 2.30. The molecule has 0 aliphatic heterocycles. The van der Waals surface area contributed by atoms with Crippen LogP contribution < -0.4 is 0 Å². The molecule has 5 heteroatoms. The molecule has 74 valence electrons. The number of benzene rings is 1. The van der Waals surface area contributed by atoms with Gasteiger partial charge in [0.2, 0.25) is 0 Å². The summed E-state index contributed by atoms with van der Waals surface area (Å²) in [6.07, 6.45) is 0.408. The fourth-order valence-corrected chi connectivity index (χ4v) is 1.93. The first-order valence-corrected chi connectivity index (χ1v) is 4.49. The van der Waals surface area contributed by atoms with Crippen LogP contribution in [-0.4, -0.2) is 22.5 Å². The molecule has 0 heterocycles. The predicted octanol–water partition coefficient (Wildman–Crippen LogP) is 1.97. The number of phenolic OH excluding ortho intramolecular Hbond substituents is 1. The third kappa shape index (κ3) is 1.63. The Morgan fingerprint density at radius 1 is 1.57 bits per heavy atom. The van der Waals surface area contributed by atoms with Gasteiger partial charge < -0.3 is 10.2 Å². The van der Waals surface area contributed by atoms with Gasteiger partial charge in [0, 0.05) is 4.47 Å². The van der Waals surface area contributed by atoms with E-state index in [1.165, 1.54) is 6.07 Å². The molecule has 0 unspecified atom stereocenters. The topological polar surface area (TPSA) is 74.6 Å². The number of hydrogen-bond donors (Lipinski definition) is 2. The molecule has 1 aromatic rings. The number of phenols is 1. The van der Waals surface area contributed by atoms with Crippen LogP contribution >= 0.6 is 15.9 Å². The number of aryl methyl sites for hydroxylation is 1. The first-order valence-electron chi connectivity index (χ1n) is 3.69. The van der Waals surface area contributed by atoms with Crippen molar-refractivity contribution in [3.8, 4) is 5.75 Å². The Morgan fingerprint density at radius 3 is 2.57 bits per heavy atom. The number of carboxylic acids is 1. The zero-order chi connectivity index (χ0) is 10.9. The molecule has 0 spiro atoms. The molecular formula is C9H7BrO4. The van der Waals surface area contributed by atoms with Crippen molar-refractivity contribution in [2.75, 3.05) is 0 Å². The molecule has 4 nitrogen and oxygen atoms in total. The van der Waals surface area contributed by atoms with Gasteiger partial charge in [-0.2, -0.15) is 0 Å². The highest BCUT2D eigenvalue weighted by molar-refractivity contribution is 9.10. The second kappa shape index (κ2) is 3.79. The Hall–Kier alpha value is -1.36. The van der Waals surface area contributed by atoms with Gasteiger partial charge in [-0.25, -0.2) is 4.79 Å². The molecule has 0 atom stereocenters. The van der Waals surface area contributed by atoms with E-state index in [4.69, 9.17) is 5.11 Å². The van der Waals surface area contributed by atoms with Crippen LogP contribution in [0.5, 0.6) is 5.75 Å². The standard InChI is InChI=1S/C9H7BrO4/c1-4-2-6(12)5(3-11)8(10)7(4)9(13)14/h2-3,12H,1H3,(H,13,14). The maximum atomic E-state index is 10.8. The molecule has 0 saturated carbocycles. The maximum Gasteiger partial charge on any atom is 0.337 e. The van der Waals surface area contributed by atoms with Crippen LogP contribution in [0.25, 0.3) is 0 Å². The van der Waals surface area contributed by atoms with Crippen molar-refractivity contribution < 1.29 is 19.8 Å². The average molecular weight is 259 g/mol. The second-order valence-corrected chi connectivity index (χ2v) is 3.53. The van der Waals surface area contributed by atoms with Gasteiger partial charge in [0.15, 0.2) is 6.29 Å². The number of carboxylic acid groups (broad SMARTS) is 1. The predicted molar refractivity (Wildman–Crippen MR) is 52.9 cm³/mol. The van der Waals surface area contributed by atoms with Crippen LogP contribution in [0.2, 0.25) is 0 Å². The summed E-state index contributed by atoms with van der Waals surface area (Å²) < 4.78 is 0.109. The van der Waals surface area contributed by atoms with Crippen LogP contribution in [-0.2, 0) is 0 Å². The van der Waals surface area contributed by atoms with Crippen molar-refractivity contribution in [2.24, 2.45) is 0 Å². The molecule has 0 radical (unpaired) electrons. The molecule has 1 aromatic carbocycles. The van der Waals surface area contributed by atoms with Crippen molar-refractivity contribution in [1.29, 1.82) is 0 Å². The Morgan fingerprint density at radius 2 is 2.14 bits per heavy atom. The highest BCUT2D eigenvalue weighted by atomic mass is 79.9. The zero-order valence-electron chi connectivity index (χ0n) is 7.24. The monoisotopic (exact) mass is 258 g/mol. The molecular weight excluding hydrogens is 252 g/mol. The van der Waals surface area contributed by atoms with E-state index in [1.807, 2.05) is 0 Å². The molecule has 14 heavy (non-hydrogen) atoms. The van der Waals surface area contributed by atoms with Crippen LogP contribution in [0.1, 0.15) is 26.3 Å². The summed E-state index contributed by atoms with van der Waals surface area (Å²) in [5.74, 6) is -1.37. The van der Waals surface area contributed by atoms with Crippen molar-refractivity contribution in [2.45, 2.75) is 6.92 Å². The van der Waals surface area contributed by atoms with E-state index < -0.39 is 5.97 Å². The number of aldehydes is 1. The van der Waals surface area contributed by atoms with Crippen molar-refractivity contribution >= 4 is 28.2 Å². The molecule has 0 fully saturated rings. The average Bonchev–Trinajstić information content (AvgIpc) is 2.02. The Balaban J connectivity index is 3.60. The molecule has 1 rings (SSSR count). The number of carbonyl (C=O) groups is 2. The second-order valence-electron chi connectivity index (χ2n) is 2.74. The van der Waals surface area contributed by atoms with E-state index in [1.54, 1.807) is 6.92 Å². The van der Waals surface area contributed by atoms with Crippen LogP contribution in [0.15, 0.2) is 10.5 Å². The van der Waals surface area contributed by atoms with E-state index in [-0.39, 0.29) is 21.3 Å². The quantitative estimate of drug-likeness (QED) is 0.796. The Labute approximate surface area is 88.3 Å². The maximum absolute atomic E-state index is 10.8. The van der Waals surface area contributed by atoms with E-state index in [0.717, 1.165) is 0 Å². The molecule has 0 saturated heterocycles. The van der Waals surface area contributed by atoms with Crippen molar-refractivity contribution in [1.82, 2.24) is 0 Å². The van der Waals surface area contributed by atoms with Gasteiger partial charge in [0.1, 0.15) is 5.75 Å². The smallest absolute Gasteiger partial charge is 0.337 e. The molecule has 0 aliphatic rings. The van der Waals surface area contributed by atoms with Gasteiger partial charge >= 0.3 is 5.97 Å². The molecule has 0 aliphatic carbocycles. The number of rotatable bonds is 2. The van der Waals surface area contributed by atoms with Gasteiger partial charge in [0.25, 0.3) is 0 Å². The van der Waals surface area contributed by atoms with Gasteiger partial charge in [-0.15, -0.1) is 0 Å². The SMILES string of the molecule is Cc1cc(O)c(C=O)c(Br)c1C(=O)O. The summed E-state index contributed by atoms with van der Waals surface area (Å²) in [4.78, 5) is 21.3. The van der Waals surface area contributed by atoms with Crippen LogP contribution in [0.4, 0.5) is 0 Å². The lowest BCUT2D eigenvalue weighted by molar-refractivity contribution is 0.0695. The van der Waals surface area contributed by atoms with Gasteiger partial charge in [0.05, 0.1) is 11.1 Å². The van der Waals surface area contributed by atoms with Gasteiger partial charge in [-0.1, -0.05) is 0 Å². The minimum atomic E-state index is -1.14. The fourth-order valence-electron chi connectivity index (χ4n) is 1.15. The number of aromatic hydroxyl groups is 1. The molecule has 0 aromatic heterocycles. The number of hydrogen-bond acceptors (Lipinski definition) is 3. The number of carbonyl (C=O) groups excluding carboxylic acids is 1. The first kappa shape index (κ1) is 10.7. The lowest BCUT2D eigenvalue weighted by Crippen LogP contribution is -2.03. The minimum Gasteiger partial charge on any atom is -0.507 e.